The van der Waals surface area contributed by atoms with E-state index < -0.39 is 44.5 Å². The highest BCUT2D eigenvalue weighted by Crippen LogP contribution is 2.32. The third-order valence-electron chi connectivity index (χ3n) is 8.20. The lowest BCUT2D eigenvalue weighted by molar-refractivity contribution is -0.728. The number of nitrogens with zero attached hydrogens (tertiary/aromatic N) is 2. The zero-order chi connectivity index (χ0) is 33.4. The van der Waals surface area contributed by atoms with E-state index in [0.29, 0.717) is 11.3 Å². The molecule has 0 bridgehead atoms. The number of amides is 3. The zero-order valence-electron chi connectivity index (χ0n) is 25.8. The van der Waals surface area contributed by atoms with E-state index in [1.807, 2.05) is 54.6 Å². The average molecular weight is 659 g/mol. The summed E-state index contributed by atoms with van der Waals surface area (Å²) in [4.78, 5) is 40.4. The highest BCUT2D eigenvalue weighted by Gasteiger charge is 2.53. The number of piperazine rings is 1. The fraction of sp³-hybridized carbons (Fsp3) is 0.229. The minimum absolute atomic E-state index is 0.0473. The van der Waals surface area contributed by atoms with E-state index in [4.69, 9.17) is 9.47 Å². The van der Waals surface area contributed by atoms with Gasteiger partial charge < -0.3 is 14.6 Å². The molecule has 3 amide bonds. The topological polar surface area (TPSA) is 139 Å². The zero-order valence-corrected chi connectivity index (χ0v) is 26.6. The van der Waals surface area contributed by atoms with Gasteiger partial charge in [-0.1, -0.05) is 91.0 Å². The van der Waals surface area contributed by atoms with Gasteiger partial charge in [-0.2, -0.15) is 8.42 Å². The van der Waals surface area contributed by atoms with Crippen LogP contribution in [-0.4, -0.2) is 73.7 Å². The van der Waals surface area contributed by atoms with Crippen molar-refractivity contribution >= 4 is 28.1 Å². The molecule has 1 heterocycles. The van der Waals surface area contributed by atoms with Crippen molar-refractivity contribution in [2.75, 3.05) is 33.3 Å². The molecule has 0 saturated carbocycles. The van der Waals surface area contributed by atoms with Crippen molar-refractivity contribution in [3.05, 3.63) is 120 Å². The van der Waals surface area contributed by atoms with Crippen LogP contribution in [-0.2, 0) is 26.2 Å². The molecule has 47 heavy (non-hydrogen) atoms. The molecule has 5 rings (SSSR count). The molecular weight excluding hydrogens is 622 g/mol. The van der Waals surface area contributed by atoms with E-state index in [2.05, 4.69) is 5.32 Å². The van der Waals surface area contributed by atoms with Gasteiger partial charge in [-0.05, 0) is 34.9 Å². The lowest BCUT2D eigenvalue weighted by atomic mass is 9.98. The highest BCUT2D eigenvalue weighted by molar-refractivity contribution is 7.86. The number of carboxylic acid groups (broad SMARTS) is 1. The second kappa shape index (κ2) is 14.5. The summed E-state index contributed by atoms with van der Waals surface area (Å²) in [5, 5.41) is 12.5. The molecular formula is C35H36N3O8S+. The number of carbonyl (C=O) groups is 3. The molecule has 2 N–H and O–H groups in total. The summed E-state index contributed by atoms with van der Waals surface area (Å²) in [6, 6.07) is 29.3. The first-order chi connectivity index (χ1) is 22.6. The molecule has 4 aromatic rings. The number of aliphatic carboxylic acids is 1. The third kappa shape index (κ3) is 7.29. The number of rotatable bonds is 10. The monoisotopic (exact) mass is 658 g/mol. The molecule has 1 atom stereocenters. The van der Waals surface area contributed by atoms with Gasteiger partial charge in [0.05, 0.1) is 32.7 Å². The Hall–Kier alpha value is -5.20. The number of hydrogen-bond donors (Lipinski definition) is 2. The van der Waals surface area contributed by atoms with E-state index in [9.17, 15) is 27.9 Å². The molecule has 0 unspecified atom stereocenters. The van der Waals surface area contributed by atoms with Crippen LogP contribution >= 0.6 is 0 Å². The molecule has 1 saturated heterocycles. The van der Waals surface area contributed by atoms with Crippen molar-refractivity contribution in [3.8, 4) is 16.9 Å². The van der Waals surface area contributed by atoms with Gasteiger partial charge in [0.1, 0.15) is 30.3 Å². The van der Waals surface area contributed by atoms with Crippen molar-refractivity contribution in [1.29, 1.82) is 0 Å². The minimum atomic E-state index is -4.35. The number of urea groups is 1. The van der Waals surface area contributed by atoms with E-state index in [0.717, 1.165) is 16.7 Å². The fourth-order valence-electron chi connectivity index (χ4n) is 5.60. The molecule has 0 spiro atoms. The van der Waals surface area contributed by atoms with Crippen LogP contribution in [0.2, 0.25) is 0 Å². The van der Waals surface area contributed by atoms with Crippen LogP contribution in [0.4, 0.5) is 9.59 Å². The van der Waals surface area contributed by atoms with Crippen LogP contribution in [0.1, 0.15) is 23.6 Å². The van der Waals surface area contributed by atoms with Gasteiger partial charge in [-0.25, -0.2) is 9.59 Å². The van der Waals surface area contributed by atoms with E-state index in [1.165, 1.54) is 17.0 Å². The van der Waals surface area contributed by atoms with Crippen LogP contribution in [0.5, 0.6) is 5.75 Å². The normalized spacial score (nSPS) is 14.9. The number of benzene rings is 4. The number of quaternary nitrogens is 1. The van der Waals surface area contributed by atoms with Crippen LogP contribution in [0.3, 0.4) is 0 Å². The largest absolute Gasteiger partial charge is 0.496 e. The van der Waals surface area contributed by atoms with Gasteiger partial charge in [-0.3, -0.25) is 15.0 Å². The predicted octanol–water partition coefficient (Wildman–Crippen LogP) is 5.45. The number of nitrogens with one attached hydrogen (secondary N) is 1. The van der Waals surface area contributed by atoms with E-state index in [-0.39, 0.29) is 37.7 Å². The van der Waals surface area contributed by atoms with Crippen LogP contribution in [0.15, 0.2) is 114 Å². The van der Waals surface area contributed by atoms with Crippen molar-refractivity contribution in [2.45, 2.75) is 24.0 Å². The van der Waals surface area contributed by atoms with Gasteiger partial charge in [0.25, 0.3) is 0 Å². The summed E-state index contributed by atoms with van der Waals surface area (Å²) in [6.45, 7) is -0.646. The molecule has 12 heteroatoms. The Labute approximate surface area is 273 Å². The molecule has 0 radical (unpaired) electrons. The van der Waals surface area contributed by atoms with Crippen LogP contribution in [0, 0.1) is 0 Å². The Balaban J connectivity index is 1.40. The van der Waals surface area contributed by atoms with Crippen molar-refractivity contribution in [3.63, 3.8) is 0 Å². The molecule has 1 aliphatic heterocycles. The Morgan fingerprint density at radius 3 is 2.06 bits per heavy atom. The van der Waals surface area contributed by atoms with Crippen LogP contribution < -0.4 is 10.1 Å². The Bertz CT molecular complexity index is 1810. The number of methoxy groups -OCH3 is 1. The first kappa shape index (κ1) is 33.2. The van der Waals surface area contributed by atoms with Crippen LogP contribution in [0.25, 0.3) is 11.1 Å². The van der Waals surface area contributed by atoms with Gasteiger partial charge >= 0.3 is 28.1 Å². The van der Waals surface area contributed by atoms with Gasteiger partial charge in [0, 0.05) is 5.56 Å². The molecule has 244 valence electrons. The highest BCUT2D eigenvalue weighted by atomic mass is 32.2. The number of ether oxygens (including phenoxy) is 2. The standard InChI is InChI=1S/C35H35N3O8S/c1-45-32-15-9-8-14-30(32)27-16-18-28(19-17-27)31(24-33(39)40)36-34(41)38(47(43,44)29-12-6-3-7-13-29)22-20-37(21-23-38)35(42)46-25-26-10-4-2-5-11-26/h2-19,31H,20-25H2,1H3,(H-,36,39,40,41)/p+1/t31-/m0/s1. The lowest BCUT2D eigenvalue weighted by Crippen LogP contribution is -2.68. The summed E-state index contributed by atoms with van der Waals surface area (Å²) in [5.41, 5.74) is 2.93. The average Bonchev–Trinajstić information content (AvgIpc) is 3.11. The predicted molar refractivity (Wildman–Crippen MR) is 174 cm³/mol. The van der Waals surface area contributed by atoms with Gasteiger partial charge in [0.15, 0.2) is 0 Å². The molecule has 1 fully saturated rings. The quantitative estimate of drug-likeness (QED) is 0.215. The number of sulfonamides is 1. The first-order valence-corrected chi connectivity index (χ1v) is 16.5. The van der Waals surface area contributed by atoms with E-state index in [1.54, 1.807) is 49.6 Å². The Morgan fingerprint density at radius 2 is 1.45 bits per heavy atom. The van der Waals surface area contributed by atoms with Gasteiger partial charge in [-0.15, -0.1) is 3.89 Å². The molecule has 4 aromatic carbocycles. The van der Waals surface area contributed by atoms with Crippen molar-refractivity contribution < 1.29 is 41.3 Å². The third-order valence-corrected chi connectivity index (χ3v) is 10.5. The molecule has 11 nitrogen and oxygen atoms in total. The summed E-state index contributed by atoms with van der Waals surface area (Å²) < 4.78 is 38.2. The fourth-order valence-corrected chi connectivity index (χ4v) is 7.42. The lowest BCUT2D eigenvalue weighted by Gasteiger charge is -2.40. The second-order valence-corrected chi connectivity index (χ2v) is 13.2. The summed E-state index contributed by atoms with van der Waals surface area (Å²) in [6.07, 6.45) is -1.11. The van der Waals surface area contributed by atoms with Crippen molar-refractivity contribution in [2.24, 2.45) is 0 Å². The summed E-state index contributed by atoms with van der Waals surface area (Å²) in [5.74, 6) is -0.510. The number of hydrogen-bond acceptors (Lipinski definition) is 7. The number of carboxylic acids is 1. The number of para-hydroxylation sites is 1. The molecule has 0 aromatic heterocycles. The Morgan fingerprint density at radius 1 is 0.851 bits per heavy atom. The first-order valence-electron chi connectivity index (χ1n) is 15.0. The Kier molecular flexibility index (Phi) is 10.2. The maximum absolute atomic E-state index is 14.2. The second-order valence-electron chi connectivity index (χ2n) is 11.1. The summed E-state index contributed by atoms with van der Waals surface area (Å²) in [7, 11) is -2.78. The SMILES string of the molecule is COc1ccccc1-c1ccc([C@H](CC(=O)O)NC(=O)[N+]2(S(=O)(=O)c3ccccc3)CCN(C(=O)OCc3ccccc3)CC2)cc1. The molecule has 0 aliphatic carbocycles. The van der Waals surface area contributed by atoms with Crippen molar-refractivity contribution in [1.82, 2.24) is 10.2 Å². The maximum atomic E-state index is 14.2. The van der Waals surface area contributed by atoms with Gasteiger partial charge in [0.2, 0.25) is 0 Å². The number of carbonyl (C=O) groups excluding carboxylic acids is 2. The minimum Gasteiger partial charge on any atom is -0.496 e. The smallest absolute Gasteiger partial charge is 0.432 e. The summed E-state index contributed by atoms with van der Waals surface area (Å²) >= 11 is 0. The van der Waals surface area contributed by atoms with E-state index >= 15 is 0 Å². The molecule has 1 aliphatic rings. The maximum Gasteiger partial charge on any atom is 0.432 e.